The fourth-order valence-electron chi connectivity index (χ4n) is 5.14. The van der Waals surface area contributed by atoms with Crippen molar-refractivity contribution in [2.75, 3.05) is 38.7 Å². The highest BCUT2D eigenvalue weighted by Crippen LogP contribution is 2.52. The van der Waals surface area contributed by atoms with Crippen LogP contribution >= 0.6 is 14.5 Å². The topological polar surface area (TPSA) is 245 Å². The number of aromatic nitrogens is 2. The average Bonchev–Trinajstić information content (AvgIpc) is 3.17. The summed E-state index contributed by atoms with van der Waals surface area (Å²) in [6.45, 7) is 4.55. The maximum atomic E-state index is 12.5. The number of unbranched alkanes of at least 4 members (excludes halogenated alkanes) is 1. The third-order valence-electron chi connectivity index (χ3n) is 6.60. The van der Waals surface area contributed by atoms with Crippen molar-refractivity contribution >= 4 is 38.1 Å². The lowest BCUT2D eigenvalue weighted by Crippen LogP contribution is -2.45. The molecule has 19 heteroatoms. The maximum absolute atomic E-state index is 12.5. The Labute approximate surface area is 267 Å². The number of hydrogen-bond acceptors (Lipinski definition) is 12. The number of anilines is 1. The molecule has 2 rings (SSSR count). The second-order valence-corrected chi connectivity index (χ2v) is 17.0. The molecule has 2 heterocycles. The van der Waals surface area contributed by atoms with E-state index in [2.05, 4.69) is 49.4 Å². The summed E-state index contributed by atoms with van der Waals surface area (Å²) in [5.41, 5.74) is 1.98. The Morgan fingerprint density at radius 1 is 1.24 bits per heavy atom. The molecule has 0 aromatic carbocycles. The molecule has 0 saturated heterocycles. The van der Waals surface area contributed by atoms with Gasteiger partial charge in [-0.05, 0) is 36.2 Å². The molecule has 0 saturated carbocycles. The monoisotopic (exact) mass is 700 g/mol. The quantitative estimate of drug-likeness (QED) is 0.0853. The number of carbonyl (C=O) groups is 1. The number of hydrogen-bond donors (Lipinski definition) is 7. The van der Waals surface area contributed by atoms with Gasteiger partial charge in [0.25, 0.3) is 0 Å². The number of nitrogens with one attached hydrogen (secondary N) is 1. The smallest absolute Gasteiger partial charge is 0.470 e. The molecule has 8 N–H and O–H groups in total. The number of rotatable bonds is 18. The molecular weight excluding hydrogens is 654 g/mol. The lowest BCUT2D eigenvalue weighted by atomic mass is 9.74. The molecule has 3 unspecified atom stereocenters. The predicted octanol–water partition coefficient (Wildman–Crippen LogP) is 1.82. The zero-order valence-corrected chi connectivity index (χ0v) is 28.8. The highest BCUT2D eigenvalue weighted by atomic mass is 32.5. The number of amides is 1. The van der Waals surface area contributed by atoms with Gasteiger partial charge in [-0.2, -0.15) is 4.98 Å². The summed E-state index contributed by atoms with van der Waals surface area (Å²) in [4.78, 5) is 57.4. The summed E-state index contributed by atoms with van der Waals surface area (Å²) in [6.07, 6.45) is 4.09. The Morgan fingerprint density at radius 3 is 2.49 bits per heavy atom. The predicted molar refractivity (Wildman–Crippen MR) is 168 cm³/mol. The van der Waals surface area contributed by atoms with Gasteiger partial charge in [0.05, 0.1) is 6.61 Å². The molecule has 16 nitrogen and oxygen atoms in total. The third kappa shape index (κ3) is 13.4. The van der Waals surface area contributed by atoms with Crippen LogP contribution in [-0.4, -0.2) is 73.3 Å². The van der Waals surface area contributed by atoms with Crippen molar-refractivity contribution in [1.82, 2.24) is 14.9 Å². The van der Waals surface area contributed by atoms with E-state index >= 15 is 0 Å². The standard InChI is InChI=1S/C26H46N4O12P2S/c1-24(2,3)16-25(4,5)12-21(32)28-10-7-6-8-18(13-31)14-41-44(38,45)42-22-19(15-40-43(35,36)37)39-17-26(22,34)30-11-9-20(27)29-23(30)33/h9,11,18,31,34H,6-8,10,12-17H2,1-5H3,(H,28,32)(H,38,45)(H2,27,29,33)(H2,35,36,37). The molecule has 1 aromatic rings. The third-order valence-corrected chi connectivity index (χ3v) is 8.49. The molecule has 0 spiro atoms. The Kier molecular flexibility index (Phi) is 13.8. The molecule has 3 atom stereocenters. The van der Waals surface area contributed by atoms with Crippen molar-refractivity contribution in [1.29, 1.82) is 0 Å². The molecule has 258 valence electrons. The Bertz CT molecular complexity index is 1360. The molecule has 1 amide bonds. The zero-order chi connectivity index (χ0) is 34.3. The summed E-state index contributed by atoms with van der Waals surface area (Å²) in [6, 6.07) is 1.19. The van der Waals surface area contributed by atoms with E-state index in [9.17, 15) is 29.3 Å². The van der Waals surface area contributed by atoms with Crippen LogP contribution < -0.4 is 16.7 Å². The largest absolute Gasteiger partial charge is 0.486 e. The van der Waals surface area contributed by atoms with Crippen LogP contribution in [0.25, 0.3) is 0 Å². The number of aliphatic hydroxyl groups excluding tert-OH is 1. The Hall–Kier alpha value is -1.91. The summed E-state index contributed by atoms with van der Waals surface area (Å²) >= 11 is 5.10. The minimum Gasteiger partial charge on any atom is -0.486 e. The summed E-state index contributed by atoms with van der Waals surface area (Å²) in [5, 5.41) is 24.1. The lowest BCUT2D eigenvalue weighted by Gasteiger charge is -2.31. The zero-order valence-electron chi connectivity index (χ0n) is 26.2. The van der Waals surface area contributed by atoms with Crippen molar-refractivity contribution in [3.8, 4) is 0 Å². The van der Waals surface area contributed by atoms with Crippen LogP contribution in [0, 0.1) is 16.7 Å². The lowest BCUT2D eigenvalue weighted by molar-refractivity contribution is -0.123. The first-order valence-corrected chi connectivity index (χ1v) is 18.4. The van der Waals surface area contributed by atoms with E-state index in [4.69, 9.17) is 41.1 Å². The fraction of sp³-hybridized carbons (Fsp3) is 0.731. The number of carbonyl (C=O) groups excluding carboxylic acids is 1. The highest BCUT2D eigenvalue weighted by molar-refractivity contribution is 8.07. The van der Waals surface area contributed by atoms with Gasteiger partial charge in [0.15, 0.2) is 5.76 Å². The van der Waals surface area contributed by atoms with Crippen molar-refractivity contribution in [2.24, 2.45) is 16.7 Å². The van der Waals surface area contributed by atoms with Gasteiger partial charge in [-0.3, -0.25) is 18.4 Å². The Morgan fingerprint density at radius 2 is 1.91 bits per heavy atom. The summed E-state index contributed by atoms with van der Waals surface area (Å²) < 4.78 is 32.5. The molecule has 0 aliphatic carbocycles. The number of phosphoric acid groups is 1. The van der Waals surface area contributed by atoms with Crippen LogP contribution in [0.3, 0.4) is 0 Å². The Balaban J connectivity index is 2.00. The van der Waals surface area contributed by atoms with Gasteiger partial charge in [0, 0.05) is 43.5 Å². The first-order chi connectivity index (χ1) is 20.6. The van der Waals surface area contributed by atoms with Crippen molar-refractivity contribution in [3.63, 3.8) is 0 Å². The maximum Gasteiger partial charge on any atom is 0.470 e. The number of ether oxygens (including phenoxy) is 1. The molecule has 0 bridgehead atoms. The normalized spacial score (nSPS) is 19.6. The molecule has 45 heavy (non-hydrogen) atoms. The van der Waals surface area contributed by atoms with E-state index in [1.54, 1.807) is 0 Å². The van der Waals surface area contributed by atoms with Gasteiger partial charge in [0.2, 0.25) is 17.4 Å². The van der Waals surface area contributed by atoms with E-state index in [-0.39, 0.29) is 35.8 Å². The summed E-state index contributed by atoms with van der Waals surface area (Å²) in [5.74, 6) is -1.81. The van der Waals surface area contributed by atoms with Crippen LogP contribution in [0.4, 0.5) is 5.82 Å². The van der Waals surface area contributed by atoms with Gasteiger partial charge in [-0.15, -0.1) is 0 Å². The van der Waals surface area contributed by atoms with Crippen LogP contribution in [0.5, 0.6) is 0 Å². The fourth-order valence-corrected chi connectivity index (χ4v) is 6.76. The van der Waals surface area contributed by atoms with Gasteiger partial charge in [0.1, 0.15) is 19.0 Å². The van der Waals surface area contributed by atoms with Gasteiger partial charge in [-0.1, -0.05) is 41.0 Å². The molecule has 1 aliphatic rings. The molecule has 0 radical (unpaired) electrons. The second kappa shape index (κ2) is 15.8. The van der Waals surface area contributed by atoms with E-state index in [0.29, 0.717) is 36.8 Å². The first-order valence-electron chi connectivity index (χ1n) is 14.2. The van der Waals surface area contributed by atoms with Crippen LogP contribution in [0.2, 0.25) is 0 Å². The van der Waals surface area contributed by atoms with Gasteiger partial charge >= 0.3 is 20.2 Å². The van der Waals surface area contributed by atoms with Gasteiger partial charge < -0.3 is 45.2 Å². The molecule has 1 aromatic heterocycles. The summed E-state index contributed by atoms with van der Waals surface area (Å²) in [7, 11) is -5.01. The minimum atomic E-state index is -5.01. The van der Waals surface area contributed by atoms with Crippen molar-refractivity contribution in [3.05, 3.63) is 34.3 Å². The minimum absolute atomic E-state index is 0.0304. The van der Waals surface area contributed by atoms with E-state index in [0.717, 1.165) is 12.6 Å². The number of nitrogens with zero attached hydrogens (tertiary/aromatic N) is 2. The first kappa shape index (κ1) is 39.3. The van der Waals surface area contributed by atoms with Crippen molar-refractivity contribution in [2.45, 2.75) is 72.4 Å². The van der Waals surface area contributed by atoms with Crippen molar-refractivity contribution < 1.29 is 52.6 Å². The van der Waals surface area contributed by atoms with Crippen LogP contribution in [-0.2, 0) is 45.2 Å². The number of aliphatic hydroxyl groups is 2. The van der Waals surface area contributed by atoms with Gasteiger partial charge in [-0.25, -0.2) is 9.36 Å². The van der Waals surface area contributed by atoms with E-state index < -0.39 is 56.6 Å². The number of phosphoric ester groups is 1. The van der Waals surface area contributed by atoms with E-state index in [1.165, 1.54) is 6.07 Å². The number of nitrogens with two attached hydrogens (primary N) is 1. The molecule has 1 aliphatic heterocycles. The highest BCUT2D eigenvalue weighted by Gasteiger charge is 2.48. The SMILES string of the molecule is CC(C)(C)CC(C)(C)CC(=O)NCCCCC(CO)COP(O)(=S)OC1=C(COP(=O)(O)O)OCC1(O)n1ccc(N)nc1=O. The number of nitrogen functional groups attached to an aromatic ring is 1. The molecular formula is C26H46N4O12P2S. The van der Waals surface area contributed by atoms with Crippen LogP contribution in [0.1, 0.15) is 66.7 Å². The van der Waals surface area contributed by atoms with Crippen LogP contribution in [0.15, 0.2) is 28.6 Å². The average molecular weight is 701 g/mol. The second-order valence-electron chi connectivity index (χ2n) is 13.0. The van der Waals surface area contributed by atoms with E-state index in [1.807, 2.05) is 0 Å². The molecule has 0 fully saturated rings.